The molecular formula is C18H26N4O. The summed E-state index contributed by atoms with van der Waals surface area (Å²) >= 11 is 0. The van der Waals surface area contributed by atoms with Crippen molar-refractivity contribution in [2.45, 2.75) is 39.2 Å². The Morgan fingerprint density at radius 1 is 1.30 bits per heavy atom. The van der Waals surface area contributed by atoms with Crippen molar-refractivity contribution in [2.75, 3.05) is 26.7 Å². The lowest BCUT2D eigenvalue weighted by Gasteiger charge is -2.18. The molecule has 1 saturated heterocycles. The lowest BCUT2D eigenvalue weighted by Crippen LogP contribution is -2.30. The Balaban J connectivity index is 1.92. The minimum absolute atomic E-state index is 0.0383. The Kier molecular flexibility index (Phi) is 4.96. The van der Waals surface area contributed by atoms with Crippen molar-refractivity contribution in [1.82, 2.24) is 19.2 Å². The second-order valence-electron chi connectivity index (χ2n) is 6.40. The van der Waals surface area contributed by atoms with Gasteiger partial charge in [-0.3, -0.25) is 9.69 Å². The summed E-state index contributed by atoms with van der Waals surface area (Å²) in [6.07, 6.45) is 6.61. The summed E-state index contributed by atoms with van der Waals surface area (Å²) in [6, 6.07) is 5.94. The van der Waals surface area contributed by atoms with E-state index < -0.39 is 0 Å². The number of hydrogen-bond acceptors (Lipinski definition) is 3. The number of carbonyl (C=O) groups is 1. The molecule has 3 heterocycles. The smallest absolute Gasteiger partial charge is 0.274 e. The first-order valence-corrected chi connectivity index (χ1v) is 8.64. The number of aromatic nitrogens is 2. The minimum Gasteiger partial charge on any atom is -0.340 e. The van der Waals surface area contributed by atoms with Gasteiger partial charge >= 0.3 is 0 Å². The first kappa shape index (κ1) is 16.0. The molecule has 0 spiro atoms. The van der Waals surface area contributed by atoms with E-state index >= 15 is 0 Å². The monoisotopic (exact) mass is 314 g/mol. The number of fused-ring (bicyclic) bond motifs is 1. The van der Waals surface area contributed by atoms with Crippen molar-refractivity contribution in [3.8, 4) is 0 Å². The van der Waals surface area contributed by atoms with Crippen molar-refractivity contribution in [1.29, 1.82) is 0 Å². The van der Waals surface area contributed by atoms with E-state index in [9.17, 15) is 4.79 Å². The SMILES string of the molecule is CCCCN(C)C(=O)c1nc2ccccn2c1CN1CCCC1. The molecule has 5 nitrogen and oxygen atoms in total. The highest BCUT2D eigenvalue weighted by atomic mass is 16.2. The summed E-state index contributed by atoms with van der Waals surface area (Å²) in [4.78, 5) is 21.7. The molecule has 0 unspecified atom stereocenters. The number of unbranched alkanes of at least 4 members (excludes halogenated alkanes) is 1. The molecule has 2 aromatic heterocycles. The van der Waals surface area contributed by atoms with E-state index in [4.69, 9.17) is 0 Å². The Morgan fingerprint density at radius 2 is 2.09 bits per heavy atom. The highest BCUT2D eigenvalue weighted by Gasteiger charge is 2.24. The van der Waals surface area contributed by atoms with Gasteiger partial charge in [0.1, 0.15) is 5.65 Å². The van der Waals surface area contributed by atoms with Crippen LogP contribution in [-0.4, -0.2) is 51.8 Å². The van der Waals surface area contributed by atoms with Crippen LogP contribution in [0, 0.1) is 0 Å². The molecule has 1 fully saturated rings. The first-order valence-electron chi connectivity index (χ1n) is 8.64. The van der Waals surface area contributed by atoms with Crippen LogP contribution in [0.2, 0.25) is 0 Å². The Hall–Kier alpha value is -1.88. The third-order valence-corrected chi connectivity index (χ3v) is 4.60. The third kappa shape index (κ3) is 3.39. The van der Waals surface area contributed by atoms with Crippen LogP contribution in [0.3, 0.4) is 0 Å². The van der Waals surface area contributed by atoms with E-state index in [1.54, 1.807) is 4.90 Å². The Bertz CT molecular complexity index is 673. The summed E-state index contributed by atoms with van der Waals surface area (Å²) in [7, 11) is 1.88. The summed E-state index contributed by atoms with van der Waals surface area (Å²) in [5.41, 5.74) is 2.49. The van der Waals surface area contributed by atoms with E-state index in [1.165, 1.54) is 12.8 Å². The van der Waals surface area contributed by atoms with Gasteiger partial charge < -0.3 is 9.30 Å². The fraction of sp³-hybridized carbons (Fsp3) is 0.556. The molecule has 0 bridgehead atoms. The second kappa shape index (κ2) is 7.13. The average Bonchev–Trinajstić information content (AvgIpc) is 3.20. The Labute approximate surface area is 137 Å². The fourth-order valence-electron chi connectivity index (χ4n) is 3.20. The van der Waals surface area contributed by atoms with Crippen molar-refractivity contribution >= 4 is 11.6 Å². The van der Waals surface area contributed by atoms with Crippen LogP contribution in [0.1, 0.15) is 48.8 Å². The number of nitrogens with zero attached hydrogens (tertiary/aromatic N) is 4. The van der Waals surface area contributed by atoms with Crippen LogP contribution in [0.15, 0.2) is 24.4 Å². The van der Waals surface area contributed by atoms with Gasteiger partial charge in [0, 0.05) is 26.3 Å². The molecule has 0 atom stereocenters. The quantitative estimate of drug-likeness (QED) is 0.823. The molecule has 0 aromatic carbocycles. The number of pyridine rings is 1. The van der Waals surface area contributed by atoms with Crippen LogP contribution >= 0.6 is 0 Å². The molecule has 124 valence electrons. The molecular weight excluding hydrogens is 288 g/mol. The maximum absolute atomic E-state index is 12.8. The zero-order valence-electron chi connectivity index (χ0n) is 14.2. The number of imidazole rings is 1. The largest absolute Gasteiger partial charge is 0.340 e. The number of carbonyl (C=O) groups excluding carboxylic acids is 1. The molecule has 5 heteroatoms. The van der Waals surface area contributed by atoms with Gasteiger partial charge in [-0.15, -0.1) is 0 Å². The molecule has 1 amide bonds. The zero-order chi connectivity index (χ0) is 16.2. The highest BCUT2D eigenvalue weighted by Crippen LogP contribution is 2.19. The topological polar surface area (TPSA) is 40.9 Å². The number of rotatable bonds is 6. The van der Waals surface area contributed by atoms with Crippen molar-refractivity contribution < 1.29 is 4.79 Å². The number of amides is 1. The van der Waals surface area contributed by atoms with Crippen molar-refractivity contribution in [3.05, 3.63) is 35.8 Å². The molecule has 3 rings (SSSR count). The van der Waals surface area contributed by atoms with Gasteiger partial charge in [0.2, 0.25) is 0 Å². The standard InChI is InChI=1S/C18H26N4O/c1-3-4-10-20(2)18(23)17-15(14-21-11-7-8-12-21)22-13-6-5-9-16(22)19-17/h5-6,9,13H,3-4,7-8,10-12,14H2,1-2H3. The van der Waals surface area contributed by atoms with Crippen molar-refractivity contribution in [2.24, 2.45) is 0 Å². The van der Waals surface area contributed by atoms with Crippen LogP contribution < -0.4 is 0 Å². The van der Waals surface area contributed by atoms with E-state index in [-0.39, 0.29) is 5.91 Å². The van der Waals surface area contributed by atoms with Gasteiger partial charge in [-0.25, -0.2) is 4.98 Å². The van der Waals surface area contributed by atoms with Crippen LogP contribution in [-0.2, 0) is 6.54 Å². The predicted octanol–water partition coefficient (Wildman–Crippen LogP) is 2.80. The van der Waals surface area contributed by atoms with Crippen LogP contribution in [0.5, 0.6) is 0 Å². The average molecular weight is 314 g/mol. The van der Waals surface area contributed by atoms with Crippen LogP contribution in [0.25, 0.3) is 5.65 Å². The Morgan fingerprint density at radius 3 is 2.83 bits per heavy atom. The third-order valence-electron chi connectivity index (χ3n) is 4.60. The lowest BCUT2D eigenvalue weighted by atomic mass is 10.2. The summed E-state index contributed by atoms with van der Waals surface area (Å²) in [5.74, 6) is 0.0383. The van der Waals surface area contributed by atoms with Gasteiger partial charge in [0.25, 0.3) is 5.91 Å². The first-order chi connectivity index (χ1) is 11.2. The minimum atomic E-state index is 0.0383. The molecule has 1 aliphatic rings. The van der Waals surface area contributed by atoms with E-state index in [0.717, 1.165) is 50.4 Å². The summed E-state index contributed by atoms with van der Waals surface area (Å²) in [6.45, 7) is 5.95. The fourth-order valence-corrected chi connectivity index (χ4v) is 3.20. The molecule has 23 heavy (non-hydrogen) atoms. The van der Waals surface area contributed by atoms with E-state index in [1.807, 2.05) is 31.4 Å². The van der Waals surface area contributed by atoms with Gasteiger partial charge in [0.15, 0.2) is 5.69 Å². The van der Waals surface area contributed by atoms with Crippen LogP contribution in [0.4, 0.5) is 0 Å². The molecule has 0 aliphatic carbocycles. The summed E-state index contributed by atoms with van der Waals surface area (Å²) in [5, 5.41) is 0. The second-order valence-corrected chi connectivity index (χ2v) is 6.40. The molecule has 0 N–H and O–H groups in total. The number of likely N-dealkylation sites (tertiary alicyclic amines) is 1. The van der Waals surface area contributed by atoms with E-state index in [2.05, 4.69) is 21.2 Å². The van der Waals surface area contributed by atoms with Gasteiger partial charge in [-0.2, -0.15) is 0 Å². The zero-order valence-corrected chi connectivity index (χ0v) is 14.2. The predicted molar refractivity (Wildman–Crippen MR) is 91.6 cm³/mol. The maximum atomic E-state index is 12.8. The van der Waals surface area contributed by atoms with Gasteiger partial charge in [-0.1, -0.05) is 19.4 Å². The normalized spacial score (nSPS) is 15.4. The maximum Gasteiger partial charge on any atom is 0.274 e. The van der Waals surface area contributed by atoms with E-state index in [0.29, 0.717) is 5.69 Å². The summed E-state index contributed by atoms with van der Waals surface area (Å²) < 4.78 is 2.07. The van der Waals surface area contributed by atoms with Crippen molar-refractivity contribution in [3.63, 3.8) is 0 Å². The number of hydrogen-bond donors (Lipinski definition) is 0. The molecule has 2 aromatic rings. The molecule has 1 aliphatic heterocycles. The van der Waals surface area contributed by atoms with Gasteiger partial charge in [0.05, 0.1) is 5.69 Å². The molecule has 0 saturated carbocycles. The lowest BCUT2D eigenvalue weighted by molar-refractivity contribution is 0.0786. The van der Waals surface area contributed by atoms with Gasteiger partial charge in [-0.05, 0) is 44.5 Å². The highest BCUT2D eigenvalue weighted by molar-refractivity contribution is 5.94. The molecule has 0 radical (unpaired) electrons.